The Morgan fingerprint density at radius 3 is 2.57 bits per heavy atom. The highest BCUT2D eigenvalue weighted by molar-refractivity contribution is 5.66. The van der Waals surface area contributed by atoms with Crippen molar-refractivity contribution in [2.45, 2.75) is 32.7 Å². The van der Waals surface area contributed by atoms with Gasteiger partial charge in [-0.3, -0.25) is 4.79 Å². The topological polar surface area (TPSA) is 42.2 Å². The van der Waals surface area contributed by atoms with Gasteiger partial charge in [0.05, 0.1) is 0 Å². The molecule has 3 nitrogen and oxygen atoms in total. The Bertz CT molecular complexity index is 267. The lowest BCUT2D eigenvalue weighted by molar-refractivity contribution is -0.138. The van der Waals surface area contributed by atoms with Crippen LogP contribution in [0.1, 0.15) is 26.2 Å². The molecule has 0 spiro atoms. The maximum Gasteiger partial charge on any atom is 0.303 e. The van der Waals surface area contributed by atoms with Crippen LogP contribution in [0.2, 0.25) is 0 Å². The van der Waals surface area contributed by atoms with Crippen LogP contribution in [0.5, 0.6) is 0 Å². The molecule has 14 heavy (non-hydrogen) atoms. The average molecular weight is 195 g/mol. The van der Waals surface area contributed by atoms with Crippen LogP contribution in [-0.2, 0) is 11.3 Å². The Morgan fingerprint density at radius 2 is 2.07 bits per heavy atom. The third kappa shape index (κ3) is 3.64. The largest absolute Gasteiger partial charge is 0.481 e. The smallest absolute Gasteiger partial charge is 0.303 e. The maximum absolute atomic E-state index is 10.6. The molecule has 0 bridgehead atoms. The van der Waals surface area contributed by atoms with E-state index in [2.05, 4.69) is 6.92 Å². The van der Waals surface area contributed by atoms with Crippen LogP contribution in [0.25, 0.3) is 0 Å². The van der Waals surface area contributed by atoms with Crippen LogP contribution in [0, 0.1) is 5.92 Å². The van der Waals surface area contributed by atoms with E-state index in [0.29, 0.717) is 0 Å². The van der Waals surface area contributed by atoms with E-state index in [0.717, 1.165) is 19.4 Å². The lowest BCUT2D eigenvalue weighted by Crippen LogP contribution is -2.13. The van der Waals surface area contributed by atoms with E-state index < -0.39 is 5.97 Å². The van der Waals surface area contributed by atoms with Gasteiger partial charge in [0, 0.05) is 25.4 Å². The predicted molar refractivity (Wildman–Crippen MR) is 55.1 cm³/mol. The van der Waals surface area contributed by atoms with E-state index in [4.69, 9.17) is 5.11 Å². The second-order valence-corrected chi connectivity index (χ2v) is 3.63. The minimum Gasteiger partial charge on any atom is -0.481 e. The van der Waals surface area contributed by atoms with Gasteiger partial charge in [-0.05, 0) is 24.5 Å². The Kier molecular flexibility index (Phi) is 4.23. The molecule has 0 aliphatic carbocycles. The molecule has 0 aromatic carbocycles. The third-order valence-electron chi connectivity index (χ3n) is 2.30. The zero-order valence-corrected chi connectivity index (χ0v) is 8.52. The van der Waals surface area contributed by atoms with Crippen molar-refractivity contribution in [1.82, 2.24) is 4.57 Å². The van der Waals surface area contributed by atoms with Crippen LogP contribution in [0.4, 0.5) is 0 Å². The van der Waals surface area contributed by atoms with Crippen molar-refractivity contribution in [2.24, 2.45) is 5.92 Å². The lowest BCUT2D eigenvalue weighted by Gasteiger charge is -2.14. The molecule has 0 amide bonds. The number of carboxylic acids is 1. The van der Waals surface area contributed by atoms with E-state index in [-0.39, 0.29) is 12.3 Å². The fourth-order valence-electron chi connectivity index (χ4n) is 1.70. The lowest BCUT2D eigenvalue weighted by atomic mass is 10.00. The second kappa shape index (κ2) is 5.47. The summed E-state index contributed by atoms with van der Waals surface area (Å²) in [7, 11) is 0. The van der Waals surface area contributed by atoms with Crippen LogP contribution < -0.4 is 0 Å². The predicted octanol–water partition coefficient (Wildman–Crippen LogP) is 2.38. The van der Waals surface area contributed by atoms with Crippen LogP contribution in [0.3, 0.4) is 0 Å². The molecule has 1 atom stereocenters. The average Bonchev–Trinajstić information content (AvgIpc) is 2.56. The number of aliphatic carboxylic acids is 1. The molecule has 0 aliphatic heterocycles. The van der Waals surface area contributed by atoms with E-state index >= 15 is 0 Å². The molecule has 1 heterocycles. The molecule has 0 radical (unpaired) electrons. The third-order valence-corrected chi connectivity index (χ3v) is 2.30. The molecule has 0 saturated heterocycles. The molecule has 1 rings (SSSR count). The standard InChI is InChI=1S/C11H17NO2/c1-2-5-10(8-11(13)14)9-12-6-3-4-7-12/h3-4,6-7,10H,2,5,8-9H2,1H3,(H,13,14). The molecule has 1 unspecified atom stereocenters. The first kappa shape index (κ1) is 10.8. The molecular formula is C11H17NO2. The normalized spacial score (nSPS) is 12.6. The van der Waals surface area contributed by atoms with Gasteiger partial charge in [-0.15, -0.1) is 0 Å². The minimum absolute atomic E-state index is 0.255. The molecule has 78 valence electrons. The summed E-state index contributed by atoms with van der Waals surface area (Å²) in [6.45, 7) is 2.90. The van der Waals surface area contributed by atoms with E-state index in [1.54, 1.807) is 0 Å². The van der Waals surface area contributed by atoms with E-state index in [1.807, 2.05) is 29.1 Å². The van der Waals surface area contributed by atoms with Gasteiger partial charge < -0.3 is 9.67 Å². The SMILES string of the molecule is CCCC(CC(=O)O)Cn1cccc1. The Morgan fingerprint density at radius 1 is 1.43 bits per heavy atom. The fraction of sp³-hybridized carbons (Fsp3) is 0.545. The number of hydrogen-bond acceptors (Lipinski definition) is 1. The van der Waals surface area contributed by atoms with Crippen molar-refractivity contribution < 1.29 is 9.90 Å². The zero-order valence-electron chi connectivity index (χ0n) is 8.52. The summed E-state index contributed by atoms with van der Waals surface area (Å²) in [5, 5.41) is 8.73. The summed E-state index contributed by atoms with van der Waals surface area (Å²) in [6.07, 6.45) is 6.24. The highest BCUT2D eigenvalue weighted by Crippen LogP contribution is 2.14. The Labute approximate surface area is 84.4 Å². The van der Waals surface area contributed by atoms with Crippen molar-refractivity contribution in [1.29, 1.82) is 0 Å². The molecular weight excluding hydrogens is 178 g/mol. The van der Waals surface area contributed by atoms with Crippen LogP contribution in [-0.4, -0.2) is 15.6 Å². The number of nitrogens with zero attached hydrogens (tertiary/aromatic N) is 1. The molecule has 1 aromatic rings. The minimum atomic E-state index is -0.699. The van der Waals surface area contributed by atoms with Gasteiger partial charge in [0.15, 0.2) is 0 Å². The Hall–Kier alpha value is -1.25. The van der Waals surface area contributed by atoms with Crippen LogP contribution in [0.15, 0.2) is 24.5 Å². The monoisotopic (exact) mass is 195 g/mol. The number of carboxylic acid groups (broad SMARTS) is 1. The highest BCUT2D eigenvalue weighted by atomic mass is 16.4. The molecule has 0 fully saturated rings. The second-order valence-electron chi connectivity index (χ2n) is 3.63. The van der Waals surface area contributed by atoms with Crippen molar-refractivity contribution in [3.8, 4) is 0 Å². The first-order valence-electron chi connectivity index (χ1n) is 5.05. The summed E-state index contributed by atoms with van der Waals surface area (Å²) in [5.41, 5.74) is 0. The number of aromatic nitrogens is 1. The molecule has 1 N–H and O–H groups in total. The van der Waals surface area contributed by atoms with Crippen molar-refractivity contribution >= 4 is 5.97 Å². The summed E-state index contributed by atoms with van der Waals surface area (Å²) >= 11 is 0. The van der Waals surface area contributed by atoms with E-state index in [1.165, 1.54) is 0 Å². The van der Waals surface area contributed by atoms with Crippen molar-refractivity contribution in [3.05, 3.63) is 24.5 Å². The zero-order chi connectivity index (χ0) is 10.4. The van der Waals surface area contributed by atoms with Crippen molar-refractivity contribution in [3.63, 3.8) is 0 Å². The van der Waals surface area contributed by atoms with Gasteiger partial charge >= 0.3 is 5.97 Å². The molecule has 3 heteroatoms. The molecule has 1 aromatic heterocycles. The highest BCUT2D eigenvalue weighted by Gasteiger charge is 2.12. The summed E-state index contributed by atoms with van der Waals surface area (Å²) in [6, 6.07) is 3.92. The first-order chi connectivity index (χ1) is 6.72. The molecule has 0 saturated carbocycles. The van der Waals surface area contributed by atoms with Gasteiger partial charge in [-0.2, -0.15) is 0 Å². The van der Waals surface area contributed by atoms with Gasteiger partial charge in [0.25, 0.3) is 0 Å². The Balaban J connectivity index is 2.46. The maximum atomic E-state index is 10.6. The van der Waals surface area contributed by atoms with Gasteiger partial charge in [-0.1, -0.05) is 13.3 Å². The van der Waals surface area contributed by atoms with Crippen LogP contribution >= 0.6 is 0 Å². The number of hydrogen-bond donors (Lipinski definition) is 1. The van der Waals surface area contributed by atoms with Crippen molar-refractivity contribution in [2.75, 3.05) is 0 Å². The summed E-state index contributed by atoms with van der Waals surface area (Å²) in [5.74, 6) is -0.444. The fourth-order valence-corrected chi connectivity index (χ4v) is 1.70. The summed E-state index contributed by atoms with van der Waals surface area (Å²) < 4.78 is 2.04. The quantitative estimate of drug-likeness (QED) is 0.757. The van der Waals surface area contributed by atoms with Gasteiger partial charge in [0.1, 0.15) is 0 Å². The number of rotatable bonds is 6. The van der Waals surface area contributed by atoms with Gasteiger partial charge in [-0.25, -0.2) is 0 Å². The van der Waals surface area contributed by atoms with E-state index in [9.17, 15) is 4.79 Å². The summed E-state index contributed by atoms with van der Waals surface area (Å²) in [4.78, 5) is 10.6. The first-order valence-corrected chi connectivity index (χ1v) is 5.05. The molecule has 0 aliphatic rings. The van der Waals surface area contributed by atoms with Gasteiger partial charge in [0.2, 0.25) is 0 Å². The number of carbonyl (C=O) groups is 1.